The van der Waals surface area contributed by atoms with Crippen LogP contribution in [0.4, 0.5) is 21.0 Å². The zero-order valence-electron chi connectivity index (χ0n) is 27.7. The summed E-state index contributed by atoms with van der Waals surface area (Å²) in [5, 5.41) is 5.86. The molecule has 2 atom stereocenters. The van der Waals surface area contributed by atoms with Crippen LogP contribution in [0.25, 0.3) is 12.2 Å². The van der Waals surface area contributed by atoms with Gasteiger partial charge < -0.3 is 20.1 Å². The number of carbonyl (C=O) groups excluding carboxylic acids is 4. The maximum Gasteiger partial charge on any atom is 0.410 e. The fraction of sp³-hybridized carbons (Fsp3) is 0.250. The molecule has 0 spiro atoms. The molecule has 2 aliphatic rings. The van der Waals surface area contributed by atoms with E-state index in [2.05, 4.69) is 10.6 Å². The lowest BCUT2D eigenvalue weighted by Crippen LogP contribution is -2.43. The number of amides is 4. The molecule has 2 N–H and O–H groups in total. The second kappa shape index (κ2) is 16.5. The average Bonchev–Trinajstić information content (AvgIpc) is 3.86. The minimum absolute atomic E-state index is 0.162. The number of hydrogen-bond acceptors (Lipinski definition) is 6. The molecule has 256 valence electrons. The Balaban J connectivity index is 0.961. The molecule has 0 radical (unpaired) electrons. The van der Waals surface area contributed by atoms with E-state index in [0.717, 1.165) is 35.1 Å². The van der Waals surface area contributed by atoms with E-state index in [1.807, 2.05) is 121 Å². The number of ether oxygens (including phenoxy) is 2. The molecule has 2 saturated heterocycles. The first-order valence-electron chi connectivity index (χ1n) is 16.9. The summed E-state index contributed by atoms with van der Waals surface area (Å²) in [6.07, 6.45) is 5.58. The Hall–Kier alpha value is -5.90. The highest BCUT2D eigenvalue weighted by Crippen LogP contribution is 2.23. The summed E-state index contributed by atoms with van der Waals surface area (Å²) < 4.78 is 10.9. The molecule has 10 nitrogen and oxygen atoms in total. The first-order chi connectivity index (χ1) is 24.4. The fourth-order valence-corrected chi connectivity index (χ4v) is 6.12. The van der Waals surface area contributed by atoms with E-state index >= 15 is 0 Å². The van der Waals surface area contributed by atoms with Gasteiger partial charge in [-0.05, 0) is 72.2 Å². The van der Waals surface area contributed by atoms with E-state index in [1.54, 1.807) is 0 Å². The lowest BCUT2D eigenvalue weighted by Gasteiger charge is -2.23. The molecule has 4 amide bonds. The molecule has 2 heterocycles. The van der Waals surface area contributed by atoms with Gasteiger partial charge in [0.05, 0.1) is 0 Å². The molecule has 4 aromatic rings. The summed E-state index contributed by atoms with van der Waals surface area (Å²) in [7, 11) is 0. The lowest BCUT2D eigenvalue weighted by atomic mass is 10.1. The zero-order valence-corrected chi connectivity index (χ0v) is 27.7. The third-order valence-corrected chi connectivity index (χ3v) is 8.81. The van der Waals surface area contributed by atoms with Gasteiger partial charge in [0.2, 0.25) is 11.8 Å². The van der Waals surface area contributed by atoms with Crippen LogP contribution in [0.15, 0.2) is 109 Å². The van der Waals surface area contributed by atoms with E-state index in [0.29, 0.717) is 37.3 Å². The maximum atomic E-state index is 13.1. The largest absolute Gasteiger partial charge is 0.445 e. The molecule has 0 aliphatic carbocycles. The van der Waals surface area contributed by atoms with Gasteiger partial charge in [-0.15, -0.1) is 0 Å². The van der Waals surface area contributed by atoms with E-state index in [-0.39, 0.29) is 25.0 Å². The van der Waals surface area contributed by atoms with Gasteiger partial charge in [-0.1, -0.05) is 97.1 Å². The Morgan fingerprint density at radius 1 is 0.560 bits per heavy atom. The second-order valence-corrected chi connectivity index (χ2v) is 12.3. The Bertz CT molecular complexity index is 1660. The van der Waals surface area contributed by atoms with Crippen molar-refractivity contribution >= 4 is 47.5 Å². The van der Waals surface area contributed by atoms with Crippen LogP contribution in [0.3, 0.4) is 0 Å². The minimum atomic E-state index is -0.580. The van der Waals surface area contributed by atoms with E-state index in [4.69, 9.17) is 9.47 Å². The first-order valence-corrected chi connectivity index (χ1v) is 16.9. The van der Waals surface area contributed by atoms with Crippen LogP contribution in [0, 0.1) is 0 Å². The summed E-state index contributed by atoms with van der Waals surface area (Å²) in [6, 6.07) is 32.7. The predicted octanol–water partition coefficient (Wildman–Crippen LogP) is 7.34. The van der Waals surface area contributed by atoms with Gasteiger partial charge in [0.1, 0.15) is 25.3 Å². The van der Waals surface area contributed by atoms with Crippen molar-refractivity contribution in [3.05, 3.63) is 131 Å². The maximum absolute atomic E-state index is 13.1. The van der Waals surface area contributed by atoms with Crippen molar-refractivity contribution in [3.63, 3.8) is 0 Å². The van der Waals surface area contributed by atoms with Crippen LogP contribution >= 0.6 is 0 Å². The fourth-order valence-electron chi connectivity index (χ4n) is 6.12. The molecule has 2 aliphatic heterocycles. The van der Waals surface area contributed by atoms with Gasteiger partial charge in [-0.2, -0.15) is 0 Å². The SMILES string of the molecule is O=C(Nc1ccc(/C=C/c2ccc(NC(=O)[C@H]3CCCN3C(=O)OCc3ccccc3)cc2)cc1)[C@H]1CCCN1C(=O)OCc1ccccc1. The van der Waals surface area contributed by atoms with E-state index < -0.39 is 24.3 Å². The molecular weight excluding hydrogens is 632 g/mol. The number of nitrogens with one attached hydrogen (secondary N) is 2. The van der Waals surface area contributed by atoms with Gasteiger partial charge in [0, 0.05) is 24.5 Å². The van der Waals surface area contributed by atoms with Gasteiger partial charge in [-0.25, -0.2) is 9.59 Å². The molecule has 50 heavy (non-hydrogen) atoms. The predicted molar refractivity (Wildman–Crippen MR) is 192 cm³/mol. The van der Waals surface area contributed by atoms with E-state index in [9.17, 15) is 19.2 Å². The van der Waals surface area contributed by atoms with E-state index in [1.165, 1.54) is 9.80 Å². The first kappa shape index (κ1) is 34.0. The Labute approximate surface area is 291 Å². The van der Waals surface area contributed by atoms with Crippen molar-refractivity contribution in [1.82, 2.24) is 9.80 Å². The minimum Gasteiger partial charge on any atom is -0.445 e. The van der Waals surface area contributed by atoms with Crippen molar-refractivity contribution in [3.8, 4) is 0 Å². The normalized spacial score (nSPS) is 17.0. The zero-order chi connectivity index (χ0) is 34.7. The quantitative estimate of drug-likeness (QED) is 0.170. The summed E-state index contributed by atoms with van der Waals surface area (Å²) in [4.78, 5) is 54.6. The number of likely N-dealkylation sites (tertiary alicyclic amines) is 2. The number of anilines is 2. The second-order valence-electron chi connectivity index (χ2n) is 12.3. The Kier molecular flexibility index (Phi) is 11.2. The molecule has 2 fully saturated rings. The van der Waals surface area contributed by atoms with Gasteiger partial charge in [0.15, 0.2) is 0 Å². The summed E-state index contributed by atoms with van der Waals surface area (Å²) >= 11 is 0. The Morgan fingerprint density at radius 2 is 0.940 bits per heavy atom. The highest BCUT2D eigenvalue weighted by Gasteiger charge is 2.36. The standard InChI is InChI=1S/C40H40N4O6/c45-37(35-13-7-25-43(35)39(47)49-27-31-9-3-1-4-10-31)41-33-21-17-29(18-22-33)15-16-30-19-23-34(24-20-30)42-38(46)36-14-8-26-44(36)40(48)50-28-32-11-5-2-6-12-32/h1-6,9-12,15-24,35-36H,7-8,13-14,25-28H2,(H,41,45)(H,42,46)/b16-15+/t35-,36-/m1/s1. The van der Waals surface area contributed by atoms with Crippen molar-refractivity contribution in [2.45, 2.75) is 51.0 Å². The molecule has 0 aromatic heterocycles. The summed E-state index contributed by atoms with van der Waals surface area (Å²) in [5.41, 5.74) is 4.94. The summed E-state index contributed by atoms with van der Waals surface area (Å²) in [6.45, 7) is 1.28. The molecule has 6 rings (SSSR count). The smallest absolute Gasteiger partial charge is 0.410 e. The highest BCUT2D eigenvalue weighted by atomic mass is 16.6. The van der Waals surface area contributed by atoms with Gasteiger partial charge in [0.25, 0.3) is 0 Å². The monoisotopic (exact) mass is 672 g/mol. The van der Waals surface area contributed by atoms with Crippen molar-refractivity contribution in [2.75, 3.05) is 23.7 Å². The van der Waals surface area contributed by atoms with Gasteiger partial charge in [-0.3, -0.25) is 19.4 Å². The molecule has 0 saturated carbocycles. The third-order valence-electron chi connectivity index (χ3n) is 8.81. The van der Waals surface area contributed by atoms with Crippen LogP contribution < -0.4 is 10.6 Å². The van der Waals surface area contributed by atoms with Crippen LogP contribution in [-0.2, 0) is 32.3 Å². The number of nitrogens with zero attached hydrogens (tertiary/aromatic N) is 2. The van der Waals surface area contributed by atoms with Crippen molar-refractivity contribution in [1.29, 1.82) is 0 Å². The molecule has 0 bridgehead atoms. The Morgan fingerprint density at radius 3 is 1.32 bits per heavy atom. The topological polar surface area (TPSA) is 117 Å². The van der Waals surface area contributed by atoms with Crippen LogP contribution in [0.2, 0.25) is 0 Å². The van der Waals surface area contributed by atoms with Crippen LogP contribution in [0.1, 0.15) is 47.9 Å². The number of benzene rings is 4. The van der Waals surface area contributed by atoms with Crippen LogP contribution in [0.5, 0.6) is 0 Å². The van der Waals surface area contributed by atoms with Crippen molar-refractivity contribution in [2.24, 2.45) is 0 Å². The van der Waals surface area contributed by atoms with Gasteiger partial charge >= 0.3 is 12.2 Å². The third kappa shape index (κ3) is 8.96. The highest BCUT2D eigenvalue weighted by molar-refractivity contribution is 5.97. The molecular formula is C40H40N4O6. The lowest BCUT2D eigenvalue weighted by molar-refractivity contribution is -0.120. The number of hydrogen-bond donors (Lipinski definition) is 2. The molecule has 0 unspecified atom stereocenters. The molecule has 4 aromatic carbocycles. The number of carbonyl (C=O) groups is 4. The summed E-state index contributed by atoms with van der Waals surface area (Å²) in [5.74, 6) is -0.475. The molecule has 10 heteroatoms. The average molecular weight is 673 g/mol. The number of rotatable bonds is 10. The van der Waals surface area contributed by atoms with Crippen LogP contribution in [-0.4, -0.2) is 59.0 Å². The van der Waals surface area contributed by atoms with Crippen molar-refractivity contribution < 1.29 is 28.7 Å².